The summed E-state index contributed by atoms with van der Waals surface area (Å²) in [6.45, 7) is 12.7. The van der Waals surface area contributed by atoms with Gasteiger partial charge in [0.1, 0.15) is 37.9 Å². The summed E-state index contributed by atoms with van der Waals surface area (Å²) in [7, 11) is 0. The maximum absolute atomic E-state index is 13.3. The molecule has 0 heterocycles. The van der Waals surface area contributed by atoms with Crippen molar-refractivity contribution in [1.29, 1.82) is 0 Å². The number of aliphatic hydroxyl groups excluding tert-OH is 2. The first-order valence-electron chi connectivity index (χ1n) is 25.6. The highest BCUT2D eigenvalue weighted by Gasteiger charge is 2.47. The number of carbonyl (C=O) groups excluding carboxylic acids is 2. The molecule has 2 fully saturated rings. The van der Waals surface area contributed by atoms with Crippen molar-refractivity contribution >= 4 is 12.2 Å². The summed E-state index contributed by atoms with van der Waals surface area (Å²) >= 11 is 0. The van der Waals surface area contributed by atoms with Gasteiger partial charge in [0.05, 0.1) is 37.6 Å². The lowest BCUT2D eigenvalue weighted by molar-refractivity contribution is -0.00750. The number of amides is 2. The van der Waals surface area contributed by atoms with E-state index >= 15 is 0 Å². The number of halogens is 4. The van der Waals surface area contributed by atoms with Crippen molar-refractivity contribution in [1.82, 2.24) is 10.6 Å². The Labute approximate surface area is 430 Å². The average Bonchev–Trinajstić information content (AvgIpc) is 3.37. The number of carbonyl (C=O) groups is 2. The molecular formula is C59H80F4N2O8. The molecule has 2 aliphatic rings. The van der Waals surface area contributed by atoms with Crippen LogP contribution in [0.1, 0.15) is 170 Å². The van der Waals surface area contributed by atoms with Gasteiger partial charge in [-0.15, -0.1) is 0 Å². The minimum atomic E-state index is -0.766. The highest BCUT2D eigenvalue weighted by molar-refractivity contribution is 5.69. The molecular weight excluding hydrogens is 941 g/mol. The Morgan fingerprint density at radius 3 is 1.16 bits per heavy atom. The van der Waals surface area contributed by atoms with Gasteiger partial charge in [0.25, 0.3) is 0 Å². The van der Waals surface area contributed by atoms with Gasteiger partial charge in [-0.25, -0.2) is 27.2 Å². The normalized spacial score (nSPS) is 23.0. The molecule has 0 aliphatic heterocycles. The summed E-state index contributed by atoms with van der Waals surface area (Å²) in [4.78, 5) is 25.1. The van der Waals surface area contributed by atoms with E-state index in [0.29, 0.717) is 80.4 Å². The van der Waals surface area contributed by atoms with Gasteiger partial charge in [-0.1, -0.05) is 97.1 Å². The van der Waals surface area contributed by atoms with Crippen LogP contribution >= 0.6 is 0 Å². The van der Waals surface area contributed by atoms with Gasteiger partial charge in [0.2, 0.25) is 0 Å². The van der Waals surface area contributed by atoms with Gasteiger partial charge < -0.3 is 39.8 Å². The number of alkyl carbamates (subject to hydrolysis) is 2. The molecule has 6 rings (SSSR count). The third-order valence-electron chi connectivity index (χ3n) is 14.5. The second-order valence-electron chi connectivity index (χ2n) is 22.3. The number of rotatable bonds is 19. The van der Waals surface area contributed by atoms with E-state index < -0.39 is 61.2 Å². The first-order chi connectivity index (χ1) is 34.6. The highest BCUT2D eigenvalue weighted by atomic mass is 19.1. The van der Waals surface area contributed by atoms with Crippen molar-refractivity contribution in [3.8, 4) is 0 Å². The van der Waals surface area contributed by atoms with Crippen LogP contribution in [-0.2, 0) is 56.5 Å². The Kier molecular flexibility index (Phi) is 20.9. The van der Waals surface area contributed by atoms with Gasteiger partial charge in [0, 0.05) is 23.0 Å². The lowest BCUT2D eigenvalue weighted by atomic mass is 9.63. The van der Waals surface area contributed by atoms with E-state index in [4.69, 9.17) is 18.9 Å². The van der Waals surface area contributed by atoms with Crippen LogP contribution < -0.4 is 10.6 Å². The third kappa shape index (κ3) is 16.7. The smallest absolute Gasteiger partial charge is 0.408 e. The summed E-state index contributed by atoms with van der Waals surface area (Å²) in [6.07, 6.45) is 3.98. The number of hydrogen-bond donors (Lipinski definition) is 4. The van der Waals surface area contributed by atoms with Crippen LogP contribution in [0.3, 0.4) is 0 Å². The fourth-order valence-corrected chi connectivity index (χ4v) is 10.2. The van der Waals surface area contributed by atoms with Gasteiger partial charge in [-0.3, -0.25) is 0 Å². The van der Waals surface area contributed by atoms with Gasteiger partial charge >= 0.3 is 12.2 Å². The van der Waals surface area contributed by atoms with Crippen molar-refractivity contribution in [3.05, 3.63) is 142 Å². The molecule has 0 spiro atoms. The highest BCUT2D eigenvalue weighted by Crippen LogP contribution is 2.47. The van der Waals surface area contributed by atoms with Gasteiger partial charge in [0.15, 0.2) is 0 Å². The Balaban J connectivity index is 0.000000271. The second kappa shape index (κ2) is 26.0. The molecule has 0 aromatic heterocycles. The SMILES string of the molecule is C[C@@H](OCC1(c2ccccc2)CCC(CCO)(NC(=O)OC(C)(C)C)CC1)c1cc(CF)cc(CF)c1.C[C@@H](OCC1(c2ccccc2)CCC(CO)(NC(=O)OC(C)(C)C)CC1)c1cc(CF)cc(CF)c1. The first kappa shape index (κ1) is 58.9. The number of ether oxygens (including phenoxy) is 4. The molecule has 0 radical (unpaired) electrons. The van der Waals surface area contributed by atoms with Crippen molar-refractivity contribution in [3.63, 3.8) is 0 Å². The van der Waals surface area contributed by atoms with Crippen molar-refractivity contribution in [2.24, 2.45) is 0 Å². The van der Waals surface area contributed by atoms with E-state index in [-0.39, 0.29) is 36.3 Å². The molecule has 2 amide bonds. The van der Waals surface area contributed by atoms with E-state index in [2.05, 4.69) is 34.9 Å². The van der Waals surface area contributed by atoms with E-state index in [0.717, 1.165) is 35.1 Å². The number of hydrogen-bond acceptors (Lipinski definition) is 8. The fourth-order valence-electron chi connectivity index (χ4n) is 10.2. The van der Waals surface area contributed by atoms with Crippen LogP contribution in [0.25, 0.3) is 0 Å². The van der Waals surface area contributed by atoms with Crippen LogP contribution in [-0.4, -0.2) is 71.1 Å². The van der Waals surface area contributed by atoms with Gasteiger partial charge in [-0.05, 0) is 158 Å². The molecule has 2 atom stereocenters. The molecule has 0 unspecified atom stereocenters. The first-order valence-corrected chi connectivity index (χ1v) is 25.6. The molecule has 2 aliphatic carbocycles. The molecule has 2 saturated carbocycles. The maximum atomic E-state index is 13.3. The molecule has 402 valence electrons. The summed E-state index contributed by atoms with van der Waals surface area (Å²) < 4.78 is 77.0. The third-order valence-corrected chi connectivity index (χ3v) is 14.5. The van der Waals surface area contributed by atoms with Gasteiger partial charge in [-0.2, -0.15) is 0 Å². The van der Waals surface area contributed by atoms with E-state index in [1.165, 1.54) is 6.07 Å². The molecule has 0 bridgehead atoms. The molecule has 4 aromatic carbocycles. The number of nitrogens with one attached hydrogen (secondary N) is 2. The molecule has 4 aromatic rings. The average molecular weight is 1020 g/mol. The summed E-state index contributed by atoms with van der Waals surface area (Å²) in [5.41, 5.74) is 2.33. The number of alkyl halides is 4. The monoisotopic (exact) mass is 1020 g/mol. The zero-order chi connectivity index (χ0) is 53.5. The Hall–Kier alpha value is -5.02. The fraction of sp³-hybridized carbons (Fsp3) is 0.559. The van der Waals surface area contributed by atoms with E-state index in [1.807, 2.05) is 71.0 Å². The predicted octanol–water partition coefficient (Wildman–Crippen LogP) is 13.3. The van der Waals surface area contributed by atoms with E-state index in [1.54, 1.807) is 51.1 Å². The lowest BCUT2D eigenvalue weighted by Gasteiger charge is -2.47. The molecule has 10 nitrogen and oxygen atoms in total. The predicted molar refractivity (Wildman–Crippen MR) is 277 cm³/mol. The van der Waals surface area contributed by atoms with Crippen molar-refractivity contribution in [2.75, 3.05) is 26.4 Å². The zero-order valence-electron chi connectivity index (χ0n) is 44.3. The zero-order valence-corrected chi connectivity index (χ0v) is 44.3. The van der Waals surface area contributed by atoms with Crippen LogP contribution in [0.4, 0.5) is 27.2 Å². The largest absolute Gasteiger partial charge is 0.444 e. The van der Waals surface area contributed by atoms with Crippen LogP contribution in [0.5, 0.6) is 0 Å². The van der Waals surface area contributed by atoms with Crippen molar-refractivity contribution < 1.29 is 56.3 Å². The minimum Gasteiger partial charge on any atom is -0.444 e. The molecule has 4 N–H and O–H groups in total. The summed E-state index contributed by atoms with van der Waals surface area (Å²) in [5.74, 6) is 0. The quantitative estimate of drug-likeness (QED) is 0.0682. The van der Waals surface area contributed by atoms with Crippen LogP contribution in [0.2, 0.25) is 0 Å². The molecule has 0 saturated heterocycles. The Morgan fingerprint density at radius 1 is 0.534 bits per heavy atom. The van der Waals surface area contributed by atoms with Crippen molar-refractivity contribution in [2.45, 2.75) is 185 Å². The van der Waals surface area contributed by atoms with Crippen LogP contribution in [0, 0.1) is 0 Å². The van der Waals surface area contributed by atoms with E-state index in [9.17, 15) is 37.4 Å². The number of aliphatic hydroxyl groups is 2. The summed E-state index contributed by atoms with van der Waals surface area (Å²) in [6, 6.07) is 30.3. The van der Waals surface area contributed by atoms with Crippen LogP contribution in [0.15, 0.2) is 97.1 Å². The molecule has 14 heteroatoms. The number of benzene rings is 4. The Morgan fingerprint density at radius 2 is 0.863 bits per heavy atom. The standard InChI is InChI=1S/C30H41F2NO4.C29H39F2NO4/c1-22(25-17-23(19-31)16-24(18-25)20-32)36-21-29(26-8-6-5-7-9-26)10-12-30(13-11-29,14-15-34)33-27(35)37-28(2,3)4;1-21(24-15-22(17-30)14-23(16-24)18-31)35-20-28(25-8-6-5-7-9-25)10-12-29(19-33,13-11-28)32-26(34)36-27(2,3)4/h5-9,16-18,22,34H,10-15,19-21H2,1-4H3,(H,33,35);5-9,14-16,21,33H,10-13,17-20H2,1-4H3,(H,32,34)/t22-,29?,30?;21-,28?,29?/m11/s1. The topological polar surface area (TPSA) is 136 Å². The Bertz CT molecular complexity index is 2300. The molecule has 73 heavy (non-hydrogen) atoms. The lowest BCUT2D eigenvalue weighted by Crippen LogP contribution is -2.57. The maximum Gasteiger partial charge on any atom is 0.408 e. The second-order valence-corrected chi connectivity index (χ2v) is 22.3. The minimum absolute atomic E-state index is 0.0382. The summed E-state index contributed by atoms with van der Waals surface area (Å²) in [5, 5.41) is 26.0.